The molecular formula is C15H20N2S. The lowest BCUT2D eigenvalue weighted by atomic mass is 10.1. The van der Waals surface area contributed by atoms with Gasteiger partial charge in [0.05, 0.1) is 10.7 Å². The Morgan fingerprint density at radius 3 is 2.33 bits per heavy atom. The highest BCUT2D eigenvalue weighted by Gasteiger charge is 2.04. The van der Waals surface area contributed by atoms with Crippen molar-refractivity contribution in [3.63, 3.8) is 0 Å². The Hall–Kier alpha value is -1.35. The van der Waals surface area contributed by atoms with Crippen molar-refractivity contribution in [2.24, 2.45) is 0 Å². The van der Waals surface area contributed by atoms with Gasteiger partial charge < -0.3 is 5.32 Å². The van der Waals surface area contributed by atoms with E-state index in [4.69, 9.17) is 0 Å². The van der Waals surface area contributed by atoms with Crippen LogP contribution < -0.4 is 5.32 Å². The van der Waals surface area contributed by atoms with Crippen molar-refractivity contribution in [2.75, 3.05) is 5.32 Å². The molecule has 2 rings (SSSR count). The zero-order chi connectivity index (χ0) is 13.0. The van der Waals surface area contributed by atoms with Crippen molar-refractivity contribution in [3.05, 3.63) is 34.7 Å². The van der Waals surface area contributed by atoms with Crippen LogP contribution in [-0.2, 0) is 0 Å². The number of benzene rings is 1. The Morgan fingerprint density at radius 1 is 1.17 bits per heavy atom. The maximum atomic E-state index is 4.50. The number of hydrogen-bond donors (Lipinski definition) is 1. The zero-order valence-electron chi connectivity index (χ0n) is 11.2. The molecule has 2 aromatic rings. The van der Waals surface area contributed by atoms with Gasteiger partial charge in [0.25, 0.3) is 0 Å². The normalized spacial score (nSPS) is 10.9. The summed E-state index contributed by atoms with van der Waals surface area (Å²) in [5.41, 5.74) is 3.46. The van der Waals surface area contributed by atoms with Crippen LogP contribution in [0.5, 0.6) is 0 Å². The highest BCUT2D eigenvalue weighted by Crippen LogP contribution is 2.23. The summed E-state index contributed by atoms with van der Waals surface area (Å²) < 4.78 is 0. The monoisotopic (exact) mass is 260 g/mol. The zero-order valence-corrected chi connectivity index (χ0v) is 12.1. The van der Waals surface area contributed by atoms with Crippen LogP contribution in [0.4, 0.5) is 5.69 Å². The Bertz CT molecular complexity index is 483. The molecule has 2 nitrogen and oxygen atoms in total. The minimum absolute atomic E-state index is 0.567. The van der Waals surface area contributed by atoms with E-state index in [0.29, 0.717) is 6.04 Å². The van der Waals surface area contributed by atoms with Crippen molar-refractivity contribution >= 4 is 17.0 Å². The minimum Gasteiger partial charge on any atom is -0.382 e. The van der Waals surface area contributed by atoms with Crippen molar-refractivity contribution in [1.82, 2.24) is 4.98 Å². The fraction of sp³-hybridized carbons (Fsp3) is 0.400. The molecule has 0 atom stereocenters. The molecule has 0 radical (unpaired) electrons. The first-order chi connectivity index (χ1) is 8.72. The number of nitrogens with one attached hydrogen (secondary N) is 1. The van der Waals surface area contributed by atoms with Gasteiger partial charge in [-0.3, -0.25) is 0 Å². The summed E-state index contributed by atoms with van der Waals surface area (Å²) in [5, 5.41) is 6.77. The Morgan fingerprint density at radius 2 is 1.83 bits per heavy atom. The van der Waals surface area contributed by atoms with Crippen molar-refractivity contribution in [2.45, 2.75) is 39.7 Å². The molecule has 0 amide bonds. The van der Waals surface area contributed by atoms with E-state index in [1.807, 2.05) is 6.92 Å². The quantitative estimate of drug-likeness (QED) is 0.841. The van der Waals surface area contributed by atoms with Crippen LogP contribution in [0, 0.1) is 6.92 Å². The molecule has 0 unspecified atom stereocenters. The second-order valence-electron chi connectivity index (χ2n) is 4.49. The van der Waals surface area contributed by atoms with Crippen LogP contribution >= 0.6 is 11.3 Å². The summed E-state index contributed by atoms with van der Waals surface area (Å²) in [7, 11) is 0. The molecule has 0 bridgehead atoms. The van der Waals surface area contributed by atoms with Crippen LogP contribution in [0.1, 0.15) is 31.7 Å². The highest BCUT2D eigenvalue weighted by molar-refractivity contribution is 7.09. The number of anilines is 1. The van der Waals surface area contributed by atoms with Gasteiger partial charge in [0.2, 0.25) is 0 Å². The Kier molecular flexibility index (Phi) is 4.37. The van der Waals surface area contributed by atoms with Gasteiger partial charge >= 0.3 is 0 Å². The predicted molar refractivity (Wildman–Crippen MR) is 80.3 cm³/mol. The number of nitrogens with zero attached hydrogens (tertiary/aromatic N) is 1. The van der Waals surface area contributed by atoms with E-state index in [9.17, 15) is 0 Å². The maximum Gasteiger partial charge on any atom is 0.0901 e. The number of aryl methyl sites for hydroxylation is 1. The van der Waals surface area contributed by atoms with Gasteiger partial charge in [-0.25, -0.2) is 4.98 Å². The predicted octanol–water partition coefficient (Wildman–Crippen LogP) is 4.72. The van der Waals surface area contributed by atoms with Gasteiger partial charge in [-0.2, -0.15) is 0 Å². The standard InChI is InChI=1S/C15H20N2S/c1-4-13(5-2)17-14-8-6-12(7-9-14)15-10-18-11(3)16-15/h6-10,13,17H,4-5H2,1-3H3. The molecule has 0 spiro atoms. The topological polar surface area (TPSA) is 24.9 Å². The summed E-state index contributed by atoms with van der Waals surface area (Å²) in [6, 6.07) is 9.13. The van der Waals surface area contributed by atoms with Gasteiger partial charge in [-0.05, 0) is 31.9 Å². The second kappa shape index (κ2) is 6.01. The van der Waals surface area contributed by atoms with Crippen LogP contribution in [0.3, 0.4) is 0 Å². The molecule has 0 saturated carbocycles. The van der Waals surface area contributed by atoms with Crippen molar-refractivity contribution < 1.29 is 0 Å². The first kappa shape index (κ1) is 13.1. The van der Waals surface area contributed by atoms with E-state index in [1.54, 1.807) is 11.3 Å². The summed E-state index contributed by atoms with van der Waals surface area (Å²) in [4.78, 5) is 4.50. The van der Waals surface area contributed by atoms with Crippen molar-refractivity contribution in [1.29, 1.82) is 0 Å². The number of aromatic nitrogens is 1. The van der Waals surface area contributed by atoms with Gasteiger partial charge in [0.15, 0.2) is 0 Å². The molecule has 0 saturated heterocycles. The van der Waals surface area contributed by atoms with Gasteiger partial charge in [-0.15, -0.1) is 11.3 Å². The lowest BCUT2D eigenvalue weighted by Crippen LogP contribution is -2.16. The van der Waals surface area contributed by atoms with E-state index in [-0.39, 0.29) is 0 Å². The highest BCUT2D eigenvalue weighted by atomic mass is 32.1. The molecule has 0 aliphatic heterocycles. The third-order valence-electron chi connectivity index (χ3n) is 3.16. The first-order valence-corrected chi connectivity index (χ1v) is 7.40. The summed E-state index contributed by atoms with van der Waals surface area (Å²) in [6.07, 6.45) is 2.31. The molecule has 3 heteroatoms. The van der Waals surface area contributed by atoms with Crippen molar-refractivity contribution in [3.8, 4) is 11.3 Å². The summed E-state index contributed by atoms with van der Waals surface area (Å²) in [5.74, 6) is 0. The third-order valence-corrected chi connectivity index (χ3v) is 3.93. The summed E-state index contributed by atoms with van der Waals surface area (Å²) in [6.45, 7) is 6.47. The second-order valence-corrected chi connectivity index (χ2v) is 5.55. The molecule has 18 heavy (non-hydrogen) atoms. The lowest BCUT2D eigenvalue weighted by molar-refractivity contribution is 0.672. The molecule has 1 heterocycles. The third kappa shape index (κ3) is 3.10. The van der Waals surface area contributed by atoms with E-state index < -0.39 is 0 Å². The van der Waals surface area contributed by atoms with Gasteiger partial charge in [0, 0.05) is 22.7 Å². The Balaban J connectivity index is 2.10. The fourth-order valence-electron chi connectivity index (χ4n) is 1.96. The summed E-state index contributed by atoms with van der Waals surface area (Å²) >= 11 is 1.69. The molecule has 0 fully saturated rings. The van der Waals surface area contributed by atoms with Gasteiger partial charge in [-0.1, -0.05) is 26.0 Å². The molecule has 0 aliphatic rings. The SMILES string of the molecule is CCC(CC)Nc1ccc(-c2csc(C)n2)cc1. The van der Waals surface area contributed by atoms with E-state index in [2.05, 4.69) is 53.8 Å². The smallest absolute Gasteiger partial charge is 0.0901 e. The Labute approximate surface area is 113 Å². The maximum absolute atomic E-state index is 4.50. The molecular weight excluding hydrogens is 240 g/mol. The van der Waals surface area contributed by atoms with E-state index >= 15 is 0 Å². The number of hydrogen-bond acceptors (Lipinski definition) is 3. The lowest BCUT2D eigenvalue weighted by Gasteiger charge is -2.16. The molecule has 1 aromatic carbocycles. The van der Waals surface area contributed by atoms with E-state index in [0.717, 1.165) is 23.5 Å². The average molecular weight is 260 g/mol. The largest absolute Gasteiger partial charge is 0.382 e. The van der Waals surface area contributed by atoms with Crippen LogP contribution in [-0.4, -0.2) is 11.0 Å². The number of thiazole rings is 1. The molecule has 1 aromatic heterocycles. The average Bonchev–Trinajstić information content (AvgIpc) is 2.83. The van der Waals surface area contributed by atoms with Gasteiger partial charge in [0.1, 0.15) is 0 Å². The molecule has 96 valence electrons. The van der Waals surface area contributed by atoms with Crippen LogP contribution in [0.2, 0.25) is 0 Å². The molecule has 1 N–H and O–H groups in total. The fourth-order valence-corrected chi connectivity index (χ4v) is 2.58. The number of rotatable bonds is 5. The first-order valence-electron chi connectivity index (χ1n) is 6.52. The van der Waals surface area contributed by atoms with Crippen LogP contribution in [0.25, 0.3) is 11.3 Å². The van der Waals surface area contributed by atoms with Crippen LogP contribution in [0.15, 0.2) is 29.6 Å². The molecule has 0 aliphatic carbocycles. The van der Waals surface area contributed by atoms with E-state index in [1.165, 1.54) is 11.3 Å². The minimum atomic E-state index is 0.567.